The van der Waals surface area contributed by atoms with E-state index in [-0.39, 0.29) is 5.91 Å². The minimum Gasteiger partial charge on any atom is -0.347 e. The fourth-order valence-corrected chi connectivity index (χ4v) is 3.11. The van der Waals surface area contributed by atoms with Gasteiger partial charge in [0.05, 0.1) is 12.1 Å². The maximum atomic E-state index is 11.9. The third-order valence-electron chi connectivity index (χ3n) is 2.03. The van der Waals surface area contributed by atoms with Crippen LogP contribution in [0.2, 0.25) is 0 Å². The number of amides is 1. The average molecular weight is 376 g/mol. The first kappa shape index (κ1) is 12.7. The zero-order valence-corrected chi connectivity index (χ0v) is 12.6. The second-order valence-electron chi connectivity index (χ2n) is 3.31. The predicted octanol–water partition coefficient (Wildman–Crippen LogP) is 3.60. The number of hydrogen-bond donors (Lipinski definition) is 1. The van der Waals surface area contributed by atoms with E-state index in [0.29, 0.717) is 12.1 Å². The highest BCUT2D eigenvalue weighted by Crippen LogP contribution is 2.20. The van der Waals surface area contributed by atoms with Crippen LogP contribution in [0.15, 0.2) is 38.9 Å². The Hall–Kier alpha value is -0.720. The van der Waals surface area contributed by atoms with Gasteiger partial charge in [-0.25, -0.2) is 0 Å². The highest BCUT2D eigenvalue weighted by Gasteiger charge is 2.07. The Morgan fingerprint density at radius 1 is 1.29 bits per heavy atom. The van der Waals surface area contributed by atoms with Gasteiger partial charge in [-0.1, -0.05) is 31.9 Å². The first-order chi connectivity index (χ1) is 8.15. The van der Waals surface area contributed by atoms with E-state index in [0.717, 1.165) is 13.8 Å². The van der Waals surface area contributed by atoms with E-state index >= 15 is 0 Å². The lowest BCUT2D eigenvalue weighted by atomic mass is 10.2. The zero-order chi connectivity index (χ0) is 12.3. The monoisotopic (exact) mass is 374 g/mol. The molecule has 0 radical (unpaired) electrons. The molecule has 0 aliphatic rings. The molecule has 1 amide bonds. The van der Waals surface area contributed by atoms with Crippen LogP contribution in [0.25, 0.3) is 0 Å². The van der Waals surface area contributed by atoms with E-state index in [1.165, 1.54) is 11.3 Å². The van der Waals surface area contributed by atoms with E-state index in [1.807, 2.05) is 6.07 Å². The van der Waals surface area contributed by atoms with Gasteiger partial charge in [0.2, 0.25) is 0 Å². The normalized spacial score (nSPS) is 10.2. The molecule has 3 nitrogen and oxygen atoms in total. The zero-order valence-electron chi connectivity index (χ0n) is 8.61. The number of aromatic nitrogens is 1. The van der Waals surface area contributed by atoms with E-state index in [2.05, 4.69) is 42.2 Å². The van der Waals surface area contributed by atoms with E-state index < -0.39 is 0 Å². The van der Waals surface area contributed by atoms with Crippen molar-refractivity contribution < 1.29 is 4.79 Å². The number of thiazole rings is 1. The van der Waals surface area contributed by atoms with Crippen molar-refractivity contribution >= 4 is 49.1 Å². The summed E-state index contributed by atoms with van der Waals surface area (Å²) in [5.41, 5.74) is 2.37. The van der Waals surface area contributed by atoms with Crippen molar-refractivity contribution in [2.45, 2.75) is 6.54 Å². The van der Waals surface area contributed by atoms with Gasteiger partial charge in [-0.05, 0) is 18.2 Å². The summed E-state index contributed by atoms with van der Waals surface area (Å²) in [5.74, 6) is -0.0969. The Balaban J connectivity index is 2.04. The van der Waals surface area contributed by atoms with Crippen molar-refractivity contribution in [1.29, 1.82) is 0 Å². The van der Waals surface area contributed by atoms with Gasteiger partial charge in [0.15, 0.2) is 0 Å². The van der Waals surface area contributed by atoms with Crippen LogP contribution in [0.1, 0.15) is 15.2 Å². The maximum Gasteiger partial charge on any atom is 0.251 e. The summed E-state index contributed by atoms with van der Waals surface area (Å²) in [4.78, 5) is 16.9. The van der Waals surface area contributed by atoms with Crippen LogP contribution in [0.3, 0.4) is 0 Å². The minimum absolute atomic E-state index is 0.0969. The van der Waals surface area contributed by atoms with Crippen LogP contribution in [-0.2, 0) is 6.54 Å². The SMILES string of the molecule is O=C(NCc1cncs1)c1cc(Br)cc(Br)c1. The molecule has 0 bridgehead atoms. The fraction of sp³-hybridized carbons (Fsp3) is 0.0909. The summed E-state index contributed by atoms with van der Waals surface area (Å²) in [6, 6.07) is 5.46. The van der Waals surface area contributed by atoms with E-state index in [4.69, 9.17) is 0 Å². The standard InChI is InChI=1S/C11H8Br2N2OS/c12-8-1-7(2-9(13)3-8)11(16)15-5-10-4-14-6-17-10/h1-4,6H,5H2,(H,15,16). The van der Waals surface area contributed by atoms with Gasteiger partial charge in [0.25, 0.3) is 5.91 Å². The number of carbonyl (C=O) groups excluding carboxylic acids is 1. The van der Waals surface area contributed by atoms with Gasteiger partial charge in [0.1, 0.15) is 0 Å². The number of rotatable bonds is 3. The van der Waals surface area contributed by atoms with Crippen molar-refractivity contribution in [2.75, 3.05) is 0 Å². The molecule has 0 aliphatic heterocycles. The molecule has 6 heteroatoms. The van der Waals surface area contributed by atoms with E-state index in [1.54, 1.807) is 23.8 Å². The number of nitrogens with zero attached hydrogens (tertiary/aromatic N) is 1. The summed E-state index contributed by atoms with van der Waals surface area (Å²) in [7, 11) is 0. The average Bonchev–Trinajstić information content (AvgIpc) is 2.77. The molecule has 1 aromatic heterocycles. The molecule has 1 N–H and O–H groups in total. The van der Waals surface area contributed by atoms with Crippen molar-refractivity contribution in [3.8, 4) is 0 Å². The predicted molar refractivity (Wildman–Crippen MR) is 75.1 cm³/mol. The summed E-state index contributed by atoms with van der Waals surface area (Å²) >= 11 is 8.23. The first-order valence-corrected chi connectivity index (χ1v) is 7.23. The third-order valence-corrected chi connectivity index (χ3v) is 3.73. The molecule has 1 aromatic carbocycles. The van der Waals surface area contributed by atoms with Crippen LogP contribution in [-0.4, -0.2) is 10.9 Å². The Morgan fingerprint density at radius 3 is 2.59 bits per heavy atom. The lowest BCUT2D eigenvalue weighted by Gasteiger charge is -2.04. The Kier molecular flexibility index (Phi) is 4.31. The molecule has 0 aliphatic carbocycles. The molecule has 0 unspecified atom stereocenters. The number of halogens is 2. The highest BCUT2D eigenvalue weighted by molar-refractivity contribution is 9.11. The van der Waals surface area contributed by atoms with Gasteiger partial charge >= 0.3 is 0 Å². The minimum atomic E-state index is -0.0969. The molecule has 0 atom stereocenters. The molecular formula is C11H8Br2N2OS. The topological polar surface area (TPSA) is 42.0 Å². The Morgan fingerprint density at radius 2 is 2.00 bits per heavy atom. The van der Waals surface area contributed by atoms with Crippen LogP contribution in [0.5, 0.6) is 0 Å². The molecular weight excluding hydrogens is 368 g/mol. The van der Waals surface area contributed by atoms with Gasteiger partial charge in [-0.3, -0.25) is 9.78 Å². The van der Waals surface area contributed by atoms with E-state index in [9.17, 15) is 4.79 Å². The van der Waals surface area contributed by atoms with Gasteiger partial charge in [-0.15, -0.1) is 11.3 Å². The highest BCUT2D eigenvalue weighted by atomic mass is 79.9. The lowest BCUT2D eigenvalue weighted by molar-refractivity contribution is 0.0951. The van der Waals surface area contributed by atoms with Crippen molar-refractivity contribution in [1.82, 2.24) is 10.3 Å². The smallest absolute Gasteiger partial charge is 0.251 e. The third kappa shape index (κ3) is 3.62. The first-order valence-electron chi connectivity index (χ1n) is 4.77. The molecule has 0 fully saturated rings. The molecule has 2 rings (SSSR count). The molecule has 0 spiro atoms. The molecule has 2 aromatic rings. The van der Waals surface area contributed by atoms with Crippen LogP contribution < -0.4 is 5.32 Å². The summed E-state index contributed by atoms with van der Waals surface area (Å²) in [6.07, 6.45) is 1.75. The number of nitrogens with one attached hydrogen (secondary N) is 1. The summed E-state index contributed by atoms with van der Waals surface area (Å²) < 4.78 is 1.74. The van der Waals surface area contributed by atoms with Crippen molar-refractivity contribution in [3.63, 3.8) is 0 Å². The molecule has 0 saturated carbocycles. The fourth-order valence-electron chi connectivity index (χ4n) is 1.28. The number of hydrogen-bond acceptors (Lipinski definition) is 3. The molecule has 1 heterocycles. The van der Waals surface area contributed by atoms with Crippen LogP contribution >= 0.6 is 43.2 Å². The number of benzene rings is 1. The maximum absolute atomic E-state index is 11.9. The summed E-state index contributed by atoms with van der Waals surface area (Å²) in [6.45, 7) is 0.508. The lowest BCUT2D eigenvalue weighted by Crippen LogP contribution is -2.22. The quantitative estimate of drug-likeness (QED) is 0.890. The number of carbonyl (C=O) groups is 1. The van der Waals surface area contributed by atoms with Gasteiger partial charge < -0.3 is 5.32 Å². The molecule has 17 heavy (non-hydrogen) atoms. The largest absolute Gasteiger partial charge is 0.347 e. The second kappa shape index (κ2) is 5.75. The van der Waals surface area contributed by atoms with Gasteiger partial charge in [-0.2, -0.15) is 0 Å². The van der Waals surface area contributed by atoms with Crippen LogP contribution in [0.4, 0.5) is 0 Å². The Bertz CT molecular complexity index is 508. The van der Waals surface area contributed by atoms with Crippen molar-refractivity contribution in [2.24, 2.45) is 0 Å². The van der Waals surface area contributed by atoms with Crippen molar-refractivity contribution in [3.05, 3.63) is 49.3 Å². The molecule has 88 valence electrons. The van der Waals surface area contributed by atoms with Crippen LogP contribution in [0, 0.1) is 0 Å². The van der Waals surface area contributed by atoms with Gasteiger partial charge in [0, 0.05) is 25.6 Å². The molecule has 0 saturated heterocycles. The Labute approximate surface area is 120 Å². The second-order valence-corrected chi connectivity index (χ2v) is 6.11. The summed E-state index contributed by atoms with van der Waals surface area (Å²) in [5, 5.41) is 2.85.